The van der Waals surface area contributed by atoms with E-state index in [2.05, 4.69) is 0 Å². The van der Waals surface area contributed by atoms with Gasteiger partial charge < -0.3 is 23.7 Å². The van der Waals surface area contributed by atoms with Gasteiger partial charge in [0.2, 0.25) is 0 Å². The van der Waals surface area contributed by atoms with Crippen LogP contribution in [0.25, 0.3) is 11.8 Å². The maximum atomic E-state index is 14.2. The molecule has 0 aliphatic carbocycles. The zero-order valence-corrected chi connectivity index (χ0v) is 25.6. The number of rotatable bonds is 9. The molecule has 1 aliphatic rings. The molecule has 1 aromatic heterocycles. The quantitative estimate of drug-likeness (QED) is 0.206. The SMILES string of the molecule is CCOC(=O)C1=C(c2ccccc2)N=c2s/c(=C\c3ccc(OC(C)=O)c(OC)c3)c(=O)n2[C@H]1c1ccc(OC)c(OC)c1. The number of thiazole rings is 1. The number of ether oxygens (including phenoxy) is 5. The van der Waals surface area contributed by atoms with E-state index in [-0.39, 0.29) is 23.5 Å². The number of methoxy groups -OCH3 is 3. The highest BCUT2D eigenvalue weighted by Crippen LogP contribution is 2.38. The molecule has 0 saturated heterocycles. The minimum absolute atomic E-state index is 0.138. The molecule has 0 bridgehead atoms. The molecule has 0 unspecified atom stereocenters. The Morgan fingerprint density at radius 2 is 1.59 bits per heavy atom. The second-order valence-electron chi connectivity index (χ2n) is 9.55. The van der Waals surface area contributed by atoms with Crippen LogP contribution in [0.15, 0.2) is 82.1 Å². The Labute approximate surface area is 257 Å². The van der Waals surface area contributed by atoms with Crippen LogP contribution in [-0.4, -0.2) is 44.4 Å². The summed E-state index contributed by atoms with van der Waals surface area (Å²) in [5.41, 5.74) is 2.21. The Bertz CT molecular complexity index is 1940. The third kappa shape index (κ3) is 5.86. The van der Waals surface area contributed by atoms with Crippen LogP contribution in [0.1, 0.15) is 36.6 Å². The van der Waals surface area contributed by atoms with Crippen LogP contribution < -0.4 is 33.8 Å². The molecule has 2 heterocycles. The molecule has 0 spiro atoms. The number of aromatic nitrogens is 1. The summed E-state index contributed by atoms with van der Waals surface area (Å²) in [6, 6.07) is 18.6. The molecule has 1 atom stereocenters. The van der Waals surface area contributed by atoms with Gasteiger partial charge in [0.05, 0.1) is 49.8 Å². The van der Waals surface area contributed by atoms with Crippen molar-refractivity contribution in [2.24, 2.45) is 4.99 Å². The fourth-order valence-electron chi connectivity index (χ4n) is 4.94. The van der Waals surface area contributed by atoms with Crippen LogP contribution >= 0.6 is 11.3 Å². The van der Waals surface area contributed by atoms with Gasteiger partial charge in [0.1, 0.15) is 0 Å². The predicted molar refractivity (Wildman–Crippen MR) is 165 cm³/mol. The van der Waals surface area contributed by atoms with Crippen molar-refractivity contribution >= 4 is 35.0 Å². The van der Waals surface area contributed by atoms with Gasteiger partial charge in [-0.1, -0.05) is 53.8 Å². The van der Waals surface area contributed by atoms with Crippen LogP contribution in [0.3, 0.4) is 0 Å². The number of fused-ring (bicyclic) bond motifs is 1. The maximum absolute atomic E-state index is 14.2. The van der Waals surface area contributed by atoms with Gasteiger partial charge in [0.25, 0.3) is 5.56 Å². The predicted octanol–water partition coefficient (Wildman–Crippen LogP) is 3.89. The standard InChI is InChI=1S/C33H30N2O8S/c1-6-42-32(38)28-29(21-10-8-7-9-11-21)34-33-35(30(28)22-13-15-23(39-3)26(18-22)41-5)31(37)27(44-33)17-20-12-14-24(43-19(2)36)25(16-20)40-4/h7-18,30H,6H2,1-5H3/b27-17-/t30-/m0/s1. The summed E-state index contributed by atoms with van der Waals surface area (Å²) in [5, 5.41) is 0. The van der Waals surface area contributed by atoms with Crippen molar-refractivity contribution in [2.75, 3.05) is 27.9 Å². The number of benzene rings is 3. The molecule has 5 rings (SSSR count). The van der Waals surface area contributed by atoms with Crippen LogP contribution in [0, 0.1) is 0 Å². The molecule has 0 saturated carbocycles. The van der Waals surface area contributed by atoms with E-state index >= 15 is 0 Å². The molecular weight excluding hydrogens is 584 g/mol. The number of esters is 2. The first-order chi connectivity index (χ1) is 21.3. The lowest BCUT2D eigenvalue weighted by Crippen LogP contribution is -2.40. The summed E-state index contributed by atoms with van der Waals surface area (Å²) >= 11 is 1.19. The van der Waals surface area contributed by atoms with Crippen molar-refractivity contribution in [1.82, 2.24) is 4.57 Å². The average Bonchev–Trinajstić information content (AvgIpc) is 3.34. The zero-order valence-electron chi connectivity index (χ0n) is 24.8. The number of nitrogens with zero attached hydrogens (tertiary/aromatic N) is 2. The number of carbonyl (C=O) groups excluding carboxylic acids is 2. The van der Waals surface area contributed by atoms with E-state index in [1.165, 1.54) is 44.2 Å². The first kappa shape index (κ1) is 30.3. The topological polar surface area (TPSA) is 115 Å². The van der Waals surface area contributed by atoms with Gasteiger partial charge in [-0.15, -0.1) is 0 Å². The monoisotopic (exact) mass is 614 g/mol. The maximum Gasteiger partial charge on any atom is 0.338 e. The van der Waals surface area contributed by atoms with Crippen molar-refractivity contribution in [3.63, 3.8) is 0 Å². The van der Waals surface area contributed by atoms with Crippen molar-refractivity contribution in [1.29, 1.82) is 0 Å². The van der Waals surface area contributed by atoms with Crippen molar-refractivity contribution in [3.05, 3.63) is 109 Å². The highest BCUT2D eigenvalue weighted by atomic mass is 32.1. The van der Waals surface area contributed by atoms with Crippen LogP contribution in [0.2, 0.25) is 0 Å². The normalized spacial score (nSPS) is 14.4. The second kappa shape index (κ2) is 13.0. The number of hydrogen-bond acceptors (Lipinski definition) is 10. The molecule has 0 amide bonds. The molecule has 3 aromatic carbocycles. The van der Waals surface area contributed by atoms with Gasteiger partial charge in [0, 0.05) is 12.5 Å². The summed E-state index contributed by atoms with van der Waals surface area (Å²) in [6.07, 6.45) is 1.70. The van der Waals surface area contributed by atoms with E-state index < -0.39 is 18.0 Å². The first-order valence-corrected chi connectivity index (χ1v) is 14.5. The Morgan fingerprint density at radius 1 is 0.909 bits per heavy atom. The summed E-state index contributed by atoms with van der Waals surface area (Å²) in [6.45, 7) is 3.16. The van der Waals surface area contributed by atoms with Crippen LogP contribution in [0.5, 0.6) is 23.0 Å². The Morgan fingerprint density at radius 3 is 2.25 bits per heavy atom. The second-order valence-corrected chi connectivity index (χ2v) is 10.6. The molecule has 1 aliphatic heterocycles. The van der Waals surface area contributed by atoms with E-state index in [9.17, 15) is 14.4 Å². The lowest BCUT2D eigenvalue weighted by molar-refractivity contribution is -0.139. The van der Waals surface area contributed by atoms with Crippen LogP contribution in [-0.2, 0) is 14.3 Å². The lowest BCUT2D eigenvalue weighted by atomic mass is 9.93. The van der Waals surface area contributed by atoms with Gasteiger partial charge in [-0.25, -0.2) is 9.79 Å². The van der Waals surface area contributed by atoms with Crippen molar-refractivity contribution in [2.45, 2.75) is 19.9 Å². The molecule has 11 heteroatoms. The average molecular weight is 615 g/mol. The molecule has 0 fully saturated rings. The smallest absolute Gasteiger partial charge is 0.338 e. The highest BCUT2D eigenvalue weighted by molar-refractivity contribution is 7.07. The van der Waals surface area contributed by atoms with E-state index in [4.69, 9.17) is 28.7 Å². The number of carbonyl (C=O) groups is 2. The van der Waals surface area contributed by atoms with Gasteiger partial charge in [-0.05, 0) is 48.4 Å². The summed E-state index contributed by atoms with van der Waals surface area (Å²) in [5.74, 6) is 0.467. The molecule has 44 heavy (non-hydrogen) atoms. The van der Waals surface area contributed by atoms with Gasteiger partial charge in [0.15, 0.2) is 27.8 Å². The largest absolute Gasteiger partial charge is 0.493 e. The summed E-state index contributed by atoms with van der Waals surface area (Å²) < 4.78 is 29.0. The minimum Gasteiger partial charge on any atom is -0.493 e. The first-order valence-electron chi connectivity index (χ1n) is 13.7. The molecule has 226 valence electrons. The van der Waals surface area contributed by atoms with E-state index in [1.807, 2.05) is 30.3 Å². The Balaban J connectivity index is 1.79. The Hall–Kier alpha value is -5.16. The summed E-state index contributed by atoms with van der Waals surface area (Å²) in [4.78, 5) is 44.6. The molecule has 10 nitrogen and oxygen atoms in total. The van der Waals surface area contributed by atoms with E-state index in [0.717, 1.165) is 0 Å². The molecule has 4 aromatic rings. The number of hydrogen-bond donors (Lipinski definition) is 0. The van der Waals surface area contributed by atoms with Crippen molar-refractivity contribution in [3.8, 4) is 23.0 Å². The molecule has 0 radical (unpaired) electrons. The summed E-state index contributed by atoms with van der Waals surface area (Å²) in [7, 11) is 4.52. The minimum atomic E-state index is -0.886. The third-order valence-corrected chi connectivity index (χ3v) is 7.82. The Kier molecular flexibility index (Phi) is 8.96. The molecular formula is C33H30N2O8S. The zero-order chi connectivity index (χ0) is 31.4. The van der Waals surface area contributed by atoms with Gasteiger partial charge >= 0.3 is 11.9 Å². The van der Waals surface area contributed by atoms with Gasteiger partial charge in [-0.3, -0.25) is 14.2 Å². The van der Waals surface area contributed by atoms with E-state index in [0.29, 0.717) is 49.0 Å². The fraction of sp³-hybridized carbons (Fsp3) is 0.212. The van der Waals surface area contributed by atoms with Crippen LogP contribution in [0.4, 0.5) is 0 Å². The fourth-order valence-corrected chi connectivity index (χ4v) is 5.94. The highest BCUT2D eigenvalue weighted by Gasteiger charge is 2.35. The van der Waals surface area contributed by atoms with Gasteiger partial charge in [-0.2, -0.15) is 0 Å². The molecule has 0 N–H and O–H groups in total. The van der Waals surface area contributed by atoms with Crippen molar-refractivity contribution < 1.29 is 33.3 Å². The third-order valence-electron chi connectivity index (χ3n) is 6.84. The lowest BCUT2D eigenvalue weighted by Gasteiger charge is -2.26. The van der Waals surface area contributed by atoms with E-state index in [1.54, 1.807) is 49.4 Å².